The number of carbonyl (C=O) groups excluding carboxylic acids is 2. The van der Waals surface area contributed by atoms with Crippen LogP contribution < -0.4 is 14.4 Å². The van der Waals surface area contributed by atoms with Crippen LogP contribution in [0.5, 0.6) is 5.75 Å². The van der Waals surface area contributed by atoms with Crippen molar-refractivity contribution in [3.63, 3.8) is 0 Å². The molecule has 0 spiro atoms. The Hall–Kier alpha value is -3.37. The summed E-state index contributed by atoms with van der Waals surface area (Å²) in [5.74, 6) is -0.146. The molecule has 3 rings (SSSR count). The minimum atomic E-state index is -4.11. The molecule has 0 aliphatic carbocycles. The largest absolute Gasteiger partial charge is 0.497 e. The molecule has 0 saturated heterocycles. The summed E-state index contributed by atoms with van der Waals surface area (Å²) in [6.07, 6.45) is 1.73. The van der Waals surface area contributed by atoms with Gasteiger partial charge in [0.2, 0.25) is 11.8 Å². The van der Waals surface area contributed by atoms with Gasteiger partial charge in [0, 0.05) is 17.6 Å². The van der Waals surface area contributed by atoms with Gasteiger partial charge in [-0.25, -0.2) is 8.42 Å². The molecular formula is C30H36BrN3O5S. The van der Waals surface area contributed by atoms with E-state index in [0.29, 0.717) is 22.5 Å². The van der Waals surface area contributed by atoms with Crippen LogP contribution >= 0.6 is 15.9 Å². The smallest absolute Gasteiger partial charge is 0.264 e. The van der Waals surface area contributed by atoms with Crippen molar-refractivity contribution in [3.05, 3.63) is 88.4 Å². The SMILES string of the molecule is CCCCNC(=O)[C@H](C)N(Cc1ccc(OC)cc1)C(=O)CN(c1cccc(Br)c1)S(=O)(=O)c1ccc(C)cc1. The molecular weight excluding hydrogens is 594 g/mol. The van der Waals surface area contributed by atoms with Crippen LogP contribution in [-0.4, -0.2) is 51.4 Å². The average Bonchev–Trinajstić information content (AvgIpc) is 2.94. The number of unbranched alkanes of at least 4 members (excludes halogenated alkanes) is 1. The Balaban J connectivity index is 1.99. The molecule has 10 heteroatoms. The highest BCUT2D eigenvalue weighted by molar-refractivity contribution is 9.10. The van der Waals surface area contributed by atoms with Gasteiger partial charge in [0.15, 0.2) is 0 Å². The molecule has 0 heterocycles. The Morgan fingerprint density at radius 2 is 1.70 bits per heavy atom. The molecule has 214 valence electrons. The van der Waals surface area contributed by atoms with Crippen molar-refractivity contribution in [1.82, 2.24) is 10.2 Å². The number of carbonyl (C=O) groups is 2. The van der Waals surface area contributed by atoms with Crippen molar-refractivity contribution in [1.29, 1.82) is 0 Å². The van der Waals surface area contributed by atoms with E-state index in [4.69, 9.17) is 4.74 Å². The zero-order chi connectivity index (χ0) is 29.3. The number of halogens is 1. The Bertz CT molecular complexity index is 1400. The number of hydrogen-bond donors (Lipinski definition) is 1. The van der Waals surface area contributed by atoms with Crippen LogP contribution in [0.4, 0.5) is 5.69 Å². The number of anilines is 1. The number of rotatable bonds is 13. The molecule has 8 nitrogen and oxygen atoms in total. The van der Waals surface area contributed by atoms with Gasteiger partial charge >= 0.3 is 0 Å². The second kappa shape index (κ2) is 14.3. The van der Waals surface area contributed by atoms with Crippen molar-refractivity contribution in [2.75, 3.05) is 24.5 Å². The number of sulfonamides is 1. The first-order valence-electron chi connectivity index (χ1n) is 13.1. The fraction of sp³-hybridized carbons (Fsp3) is 0.333. The minimum absolute atomic E-state index is 0.0675. The van der Waals surface area contributed by atoms with Gasteiger partial charge in [-0.05, 0) is 68.3 Å². The minimum Gasteiger partial charge on any atom is -0.497 e. The molecule has 2 amide bonds. The summed E-state index contributed by atoms with van der Waals surface area (Å²) in [5, 5.41) is 2.89. The van der Waals surface area contributed by atoms with E-state index >= 15 is 0 Å². The first-order valence-corrected chi connectivity index (χ1v) is 15.3. The molecule has 0 bridgehead atoms. The van der Waals surface area contributed by atoms with Gasteiger partial charge in [0.1, 0.15) is 18.3 Å². The molecule has 0 unspecified atom stereocenters. The van der Waals surface area contributed by atoms with E-state index in [-0.39, 0.29) is 17.3 Å². The molecule has 0 aliphatic rings. The molecule has 0 radical (unpaired) electrons. The van der Waals surface area contributed by atoms with Crippen molar-refractivity contribution < 1.29 is 22.7 Å². The fourth-order valence-corrected chi connectivity index (χ4v) is 5.84. The van der Waals surface area contributed by atoms with E-state index in [9.17, 15) is 18.0 Å². The molecule has 3 aromatic carbocycles. The number of benzene rings is 3. The van der Waals surface area contributed by atoms with Crippen LogP contribution in [0.1, 0.15) is 37.8 Å². The van der Waals surface area contributed by atoms with Crippen molar-refractivity contribution in [3.8, 4) is 5.75 Å². The maximum Gasteiger partial charge on any atom is 0.264 e. The van der Waals surface area contributed by atoms with E-state index in [2.05, 4.69) is 21.2 Å². The lowest BCUT2D eigenvalue weighted by molar-refractivity contribution is -0.139. The quantitative estimate of drug-likeness (QED) is 0.259. The molecule has 1 N–H and O–H groups in total. The van der Waals surface area contributed by atoms with Gasteiger partial charge in [-0.3, -0.25) is 13.9 Å². The third kappa shape index (κ3) is 8.08. The van der Waals surface area contributed by atoms with E-state index in [1.54, 1.807) is 62.6 Å². The maximum atomic E-state index is 14.0. The lowest BCUT2D eigenvalue weighted by Gasteiger charge is -2.32. The Morgan fingerprint density at radius 1 is 1.02 bits per heavy atom. The predicted octanol–water partition coefficient (Wildman–Crippen LogP) is 5.30. The van der Waals surface area contributed by atoms with Crippen LogP contribution in [0, 0.1) is 6.92 Å². The lowest BCUT2D eigenvalue weighted by Crippen LogP contribution is -2.51. The van der Waals surface area contributed by atoms with Crippen LogP contribution in [0.15, 0.2) is 82.2 Å². The molecule has 0 aliphatic heterocycles. The first-order chi connectivity index (χ1) is 19.1. The number of nitrogens with one attached hydrogen (secondary N) is 1. The summed E-state index contributed by atoms with van der Waals surface area (Å²) in [4.78, 5) is 28.5. The lowest BCUT2D eigenvalue weighted by atomic mass is 10.1. The monoisotopic (exact) mass is 629 g/mol. The number of ether oxygens (including phenoxy) is 1. The Morgan fingerprint density at radius 3 is 2.30 bits per heavy atom. The topological polar surface area (TPSA) is 96.0 Å². The summed E-state index contributed by atoms with van der Waals surface area (Å²) in [6, 6.07) is 19.6. The van der Waals surface area contributed by atoms with Crippen LogP contribution in [0.2, 0.25) is 0 Å². The summed E-state index contributed by atoms with van der Waals surface area (Å²) >= 11 is 3.41. The van der Waals surface area contributed by atoms with Gasteiger partial charge in [-0.1, -0.05) is 65.2 Å². The van der Waals surface area contributed by atoms with Crippen molar-refractivity contribution in [2.45, 2.75) is 51.1 Å². The maximum absolute atomic E-state index is 14.0. The summed E-state index contributed by atoms with van der Waals surface area (Å²) < 4.78 is 34.7. The third-order valence-corrected chi connectivity index (χ3v) is 8.77. The molecule has 3 aromatic rings. The van der Waals surface area contributed by atoms with E-state index < -0.39 is 28.5 Å². The number of aryl methyl sites for hydroxylation is 1. The van der Waals surface area contributed by atoms with Crippen LogP contribution in [-0.2, 0) is 26.2 Å². The highest BCUT2D eigenvalue weighted by Gasteiger charge is 2.32. The van der Waals surface area contributed by atoms with E-state index in [1.807, 2.05) is 26.0 Å². The first kappa shape index (κ1) is 31.2. The normalized spacial score (nSPS) is 11.9. The number of amides is 2. The Kier molecular flexibility index (Phi) is 11.2. The second-order valence-electron chi connectivity index (χ2n) is 9.49. The van der Waals surface area contributed by atoms with Crippen molar-refractivity contribution in [2.24, 2.45) is 0 Å². The molecule has 0 fully saturated rings. The predicted molar refractivity (Wildman–Crippen MR) is 161 cm³/mol. The number of methoxy groups -OCH3 is 1. The highest BCUT2D eigenvalue weighted by Crippen LogP contribution is 2.27. The van der Waals surface area contributed by atoms with Gasteiger partial charge in [0.25, 0.3) is 10.0 Å². The summed E-state index contributed by atoms with van der Waals surface area (Å²) in [5.41, 5.74) is 2.02. The fourth-order valence-electron chi connectivity index (χ4n) is 4.04. The van der Waals surface area contributed by atoms with Crippen LogP contribution in [0.3, 0.4) is 0 Å². The molecule has 1 atom stereocenters. The summed E-state index contributed by atoms with van der Waals surface area (Å²) in [6.45, 7) is 5.67. The van der Waals surface area contributed by atoms with Gasteiger partial charge in [0.05, 0.1) is 17.7 Å². The van der Waals surface area contributed by atoms with Crippen LogP contribution in [0.25, 0.3) is 0 Å². The standard InChI is InChI=1S/C30H36BrN3O5S/c1-5-6-18-32-30(36)23(3)33(20-24-12-14-27(39-4)15-13-24)29(35)21-34(26-9-7-8-25(31)19-26)40(37,38)28-16-10-22(2)11-17-28/h7-17,19,23H,5-6,18,20-21H2,1-4H3,(H,32,36)/t23-/m0/s1. The highest BCUT2D eigenvalue weighted by atomic mass is 79.9. The van der Waals surface area contributed by atoms with Gasteiger partial charge < -0.3 is 15.0 Å². The second-order valence-corrected chi connectivity index (χ2v) is 12.3. The molecule has 0 saturated carbocycles. The Labute approximate surface area is 245 Å². The average molecular weight is 631 g/mol. The van der Waals surface area contributed by atoms with E-state index in [0.717, 1.165) is 28.3 Å². The summed E-state index contributed by atoms with van der Waals surface area (Å²) in [7, 11) is -2.55. The van der Waals surface area contributed by atoms with Crippen molar-refractivity contribution >= 4 is 43.5 Å². The van der Waals surface area contributed by atoms with E-state index in [1.165, 1.54) is 17.0 Å². The molecule has 40 heavy (non-hydrogen) atoms. The number of nitrogens with zero attached hydrogens (tertiary/aromatic N) is 2. The third-order valence-electron chi connectivity index (χ3n) is 6.49. The van der Waals surface area contributed by atoms with Gasteiger partial charge in [-0.2, -0.15) is 0 Å². The molecule has 0 aromatic heterocycles. The van der Waals surface area contributed by atoms with Gasteiger partial charge in [-0.15, -0.1) is 0 Å². The number of hydrogen-bond acceptors (Lipinski definition) is 5. The zero-order valence-electron chi connectivity index (χ0n) is 23.3. The zero-order valence-corrected chi connectivity index (χ0v) is 25.7.